The Morgan fingerprint density at radius 2 is 1.93 bits per heavy atom. The maximum absolute atomic E-state index is 12.5. The summed E-state index contributed by atoms with van der Waals surface area (Å²) in [4.78, 5) is 36.6. The van der Waals surface area contributed by atoms with Crippen molar-refractivity contribution in [1.29, 1.82) is 0 Å². The van der Waals surface area contributed by atoms with Crippen molar-refractivity contribution in [1.82, 2.24) is 0 Å². The van der Waals surface area contributed by atoms with E-state index in [0.29, 0.717) is 19.3 Å². The molecule has 1 unspecified atom stereocenters. The Balaban J connectivity index is 2.34. The van der Waals surface area contributed by atoms with Crippen molar-refractivity contribution in [3.63, 3.8) is 0 Å². The second-order valence-electron chi connectivity index (χ2n) is 7.97. The van der Waals surface area contributed by atoms with Gasteiger partial charge in [0.1, 0.15) is 18.3 Å². The van der Waals surface area contributed by atoms with Crippen LogP contribution in [0.3, 0.4) is 0 Å². The van der Waals surface area contributed by atoms with Crippen molar-refractivity contribution < 1.29 is 38.4 Å². The smallest absolute Gasteiger partial charge is 0.309 e. The summed E-state index contributed by atoms with van der Waals surface area (Å²) in [7, 11) is 1.43. The number of methoxy groups -OCH3 is 1. The summed E-state index contributed by atoms with van der Waals surface area (Å²) in [6.07, 6.45) is 4.00. The maximum Gasteiger partial charge on any atom is 0.309 e. The number of cyclic esters (lactones) is 1. The van der Waals surface area contributed by atoms with E-state index in [2.05, 4.69) is 0 Å². The number of carbonyl (C=O) groups is 3. The summed E-state index contributed by atoms with van der Waals surface area (Å²) in [5.41, 5.74) is 0. The predicted molar refractivity (Wildman–Crippen MR) is 107 cm³/mol. The average molecular weight is 424 g/mol. The van der Waals surface area contributed by atoms with Crippen LogP contribution in [0.5, 0.6) is 0 Å². The maximum atomic E-state index is 12.5. The molecule has 0 aromatic rings. The standard InChI is InChI=1S/C22H32O8/c1-13-10-16-11-19(25)30-21(16)22(27-4)18(29-15(3)23)12-20(26)28-14(2)8-6-5-7-9-17(13)24/h5-7,9,13-14,16,18-19,21-22,25H,8,10-12H2,1-4H3/b6-5+,9-7+/t13-,14-,16-,18-,19?,21+,22+/m1/s1. The molecule has 2 heterocycles. The number of ether oxygens (including phenoxy) is 4. The Morgan fingerprint density at radius 1 is 1.20 bits per heavy atom. The van der Waals surface area contributed by atoms with Crippen LogP contribution in [0.15, 0.2) is 24.3 Å². The van der Waals surface area contributed by atoms with Gasteiger partial charge in [-0.15, -0.1) is 0 Å². The van der Waals surface area contributed by atoms with Gasteiger partial charge in [-0.1, -0.05) is 25.2 Å². The molecule has 0 aromatic carbocycles. The molecule has 30 heavy (non-hydrogen) atoms. The largest absolute Gasteiger partial charge is 0.462 e. The van der Waals surface area contributed by atoms with Gasteiger partial charge in [-0.05, 0) is 25.3 Å². The van der Waals surface area contributed by atoms with E-state index in [4.69, 9.17) is 18.9 Å². The van der Waals surface area contributed by atoms with Crippen LogP contribution < -0.4 is 0 Å². The zero-order chi connectivity index (χ0) is 22.3. The second kappa shape index (κ2) is 11.4. The Labute approximate surface area is 177 Å². The summed E-state index contributed by atoms with van der Waals surface area (Å²) in [6, 6.07) is 0. The third-order valence-electron chi connectivity index (χ3n) is 5.38. The molecule has 2 rings (SSSR count). The van der Waals surface area contributed by atoms with E-state index in [1.165, 1.54) is 20.1 Å². The lowest BCUT2D eigenvalue weighted by molar-refractivity contribution is -0.181. The molecule has 7 atom stereocenters. The highest BCUT2D eigenvalue weighted by Crippen LogP contribution is 2.36. The first kappa shape index (κ1) is 24.2. The monoisotopic (exact) mass is 424 g/mol. The van der Waals surface area contributed by atoms with Crippen molar-refractivity contribution in [2.24, 2.45) is 11.8 Å². The molecular formula is C22H32O8. The predicted octanol–water partition coefficient (Wildman–Crippen LogP) is 2.09. The number of allylic oxidation sites excluding steroid dienone is 3. The van der Waals surface area contributed by atoms with Crippen molar-refractivity contribution in [2.45, 2.75) is 77.2 Å². The Hall–Kier alpha value is -2.03. The highest BCUT2D eigenvalue weighted by Gasteiger charge is 2.45. The van der Waals surface area contributed by atoms with Gasteiger partial charge in [0, 0.05) is 32.8 Å². The van der Waals surface area contributed by atoms with Gasteiger partial charge >= 0.3 is 11.9 Å². The quantitative estimate of drug-likeness (QED) is 0.672. The van der Waals surface area contributed by atoms with Crippen molar-refractivity contribution in [3.8, 4) is 0 Å². The molecule has 0 radical (unpaired) electrons. The van der Waals surface area contributed by atoms with E-state index in [0.717, 1.165) is 0 Å². The zero-order valence-corrected chi connectivity index (χ0v) is 18.0. The molecule has 1 fully saturated rings. The fourth-order valence-corrected chi connectivity index (χ4v) is 3.97. The molecule has 8 heteroatoms. The van der Waals surface area contributed by atoms with E-state index in [1.807, 2.05) is 13.0 Å². The molecule has 0 saturated carbocycles. The van der Waals surface area contributed by atoms with Gasteiger partial charge in [0.05, 0.1) is 12.5 Å². The van der Waals surface area contributed by atoms with E-state index < -0.39 is 36.5 Å². The first-order valence-electron chi connectivity index (χ1n) is 10.3. The van der Waals surface area contributed by atoms with Crippen molar-refractivity contribution >= 4 is 17.7 Å². The van der Waals surface area contributed by atoms with Gasteiger partial charge in [-0.3, -0.25) is 14.4 Å². The lowest BCUT2D eigenvalue weighted by Crippen LogP contribution is -2.46. The Bertz CT molecular complexity index is 670. The summed E-state index contributed by atoms with van der Waals surface area (Å²) in [5, 5.41) is 10.1. The van der Waals surface area contributed by atoms with Gasteiger partial charge in [0.15, 0.2) is 12.1 Å². The van der Waals surface area contributed by atoms with Crippen LogP contribution in [0.1, 0.15) is 46.5 Å². The molecule has 1 N–H and O–H groups in total. The third kappa shape index (κ3) is 7.04. The first-order valence-corrected chi connectivity index (χ1v) is 10.3. The fourth-order valence-electron chi connectivity index (χ4n) is 3.97. The number of aliphatic hydroxyl groups excluding tert-OH is 1. The average Bonchev–Trinajstić information content (AvgIpc) is 3.00. The Kier molecular flexibility index (Phi) is 9.20. The first-order chi connectivity index (χ1) is 14.2. The number of hydrogen-bond acceptors (Lipinski definition) is 8. The highest BCUT2D eigenvalue weighted by molar-refractivity contribution is 5.91. The second-order valence-corrected chi connectivity index (χ2v) is 7.97. The number of fused-ring (bicyclic) bond motifs is 1. The van der Waals surface area contributed by atoms with Crippen LogP contribution in [-0.4, -0.2) is 60.6 Å². The van der Waals surface area contributed by atoms with Crippen molar-refractivity contribution in [3.05, 3.63) is 24.3 Å². The van der Waals surface area contributed by atoms with Crippen LogP contribution in [-0.2, 0) is 33.3 Å². The number of rotatable bonds is 2. The summed E-state index contributed by atoms with van der Waals surface area (Å²) >= 11 is 0. The number of ketones is 1. The molecule has 2 aliphatic rings. The van der Waals surface area contributed by atoms with Gasteiger partial charge in [-0.25, -0.2) is 0 Å². The number of carbonyl (C=O) groups excluding carboxylic acids is 3. The molecule has 0 spiro atoms. The van der Waals surface area contributed by atoms with Crippen LogP contribution in [0, 0.1) is 11.8 Å². The van der Waals surface area contributed by atoms with E-state index in [9.17, 15) is 19.5 Å². The van der Waals surface area contributed by atoms with Crippen LogP contribution in [0.25, 0.3) is 0 Å². The topological polar surface area (TPSA) is 108 Å². The van der Waals surface area contributed by atoms with Crippen LogP contribution in [0.4, 0.5) is 0 Å². The summed E-state index contributed by atoms with van der Waals surface area (Å²) < 4.78 is 22.0. The Morgan fingerprint density at radius 3 is 2.60 bits per heavy atom. The SMILES string of the molecule is CO[C@@H]1[C@H]2OC(O)C[C@H]2C[C@@H](C)C(=O)/C=C/C=C/C[C@@H](C)OC(=O)C[C@H]1OC(C)=O. The van der Waals surface area contributed by atoms with E-state index >= 15 is 0 Å². The molecule has 0 amide bonds. The number of esters is 2. The normalized spacial score (nSPS) is 38.4. The minimum atomic E-state index is -1.02. The highest BCUT2D eigenvalue weighted by atomic mass is 16.6. The van der Waals surface area contributed by atoms with Gasteiger partial charge in [0.2, 0.25) is 0 Å². The minimum absolute atomic E-state index is 0.0307. The summed E-state index contributed by atoms with van der Waals surface area (Å²) in [5.74, 6) is -1.63. The van der Waals surface area contributed by atoms with Crippen molar-refractivity contribution in [2.75, 3.05) is 7.11 Å². The molecular weight excluding hydrogens is 392 g/mol. The van der Waals surface area contributed by atoms with Gasteiger partial charge < -0.3 is 24.1 Å². The zero-order valence-electron chi connectivity index (χ0n) is 18.0. The van der Waals surface area contributed by atoms with Crippen LogP contribution in [0.2, 0.25) is 0 Å². The molecule has 8 nitrogen and oxygen atoms in total. The molecule has 0 bridgehead atoms. The summed E-state index contributed by atoms with van der Waals surface area (Å²) in [6.45, 7) is 4.83. The van der Waals surface area contributed by atoms with Crippen LogP contribution >= 0.6 is 0 Å². The molecule has 0 aliphatic carbocycles. The lowest BCUT2D eigenvalue weighted by atomic mass is 9.84. The number of hydrogen-bond donors (Lipinski definition) is 1. The molecule has 0 aromatic heterocycles. The lowest BCUT2D eigenvalue weighted by Gasteiger charge is -2.32. The molecule has 1 saturated heterocycles. The van der Waals surface area contributed by atoms with E-state index in [-0.39, 0.29) is 30.1 Å². The van der Waals surface area contributed by atoms with Gasteiger partial charge in [0.25, 0.3) is 0 Å². The molecule has 168 valence electrons. The van der Waals surface area contributed by atoms with E-state index in [1.54, 1.807) is 19.1 Å². The minimum Gasteiger partial charge on any atom is -0.462 e. The third-order valence-corrected chi connectivity index (χ3v) is 5.38. The van der Waals surface area contributed by atoms with Gasteiger partial charge in [-0.2, -0.15) is 0 Å². The number of aliphatic hydroxyl groups is 1. The fraction of sp³-hybridized carbons (Fsp3) is 0.682. The molecule has 2 aliphatic heterocycles.